The highest BCUT2D eigenvalue weighted by molar-refractivity contribution is 6.26. The second-order valence-corrected chi connectivity index (χ2v) is 6.11. The van der Waals surface area contributed by atoms with Crippen molar-refractivity contribution < 1.29 is 24.2 Å². The molecule has 0 heterocycles. The fourth-order valence-corrected chi connectivity index (χ4v) is 3.71. The molecule has 0 atom stereocenters. The maximum Gasteiger partial charge on any atom is 0.332 e. The summed E-state index contributed by atoms with van der Waals surface area (Å²) in [4.78, 5) is 26.5. The third-order valence-corrected chi connectivity index (χ3v) is 4.72. The van der Waals surface area contributed by atoms with Gasteiger partial charge in [-0.25, -0.2) is 0 Å². The number of hydrogen-bond donors (Lipinski definition) is 1. The number of benzene rings is 2. The van der Waals surface area contributed by atoms with E-state index in [2.05, 4.69) is 0 Å². The second-order valence-electron chi connectivity index (χ2n) is 6.11. The SMILES string of the molecule is CCOC(=O)C1(C(=O)OCC)C(c2ccccc2)=C(CO)c2ccccc21. The highest BCUT2D eigenvalue weighted by Crippen LogP contribution is 2.52. The van der Waals surface area contributed by atoms with Gasteiger partial charge in [-0.05, 0) is 41.7 Å². The van der Waals surface area contributed by atoms with Gasteiger partial charge in [0.2, 0.25) is 5.41 Å². The molecule has 3 rings (SSSR count). The molecular weight excluding hydrogens is 344 g/mol. The Kier molecular flexibility index (Phi) is 5.42. The molecule has 0 bridgehead atoms. The maximum atomic E-state index is 13.3. The molecule has 2 aromatic carbocycles. The summed E-state index contributed by atoms with van der Waals surface area (Å²) >= 11 is 0. The van der Waals surface area contributed by atoms with E-state index in [0.29, 0.717) is 27.8 Å². The van der Waals surface area contributed by atoms with E-state index in [1.54, 1.807) is 32.0 Å². The van der Waals surface area contributed by atoms with Gasteiger partial charge in [-0.3, -0.25) is 9.59 Å². The van der Waals surface area contributed by atoms with Gasteiger partial charge in [0.1, 0.15) is 0 Å². The normalized spacial score (nSPS) is 14.6. The van der Waals surface area contributed by atoms with Crippen molar-refractivity contribution in [3.63, 3.8) is 0 Å². The van der Waals surface area contributed by atoms with Crippen molar-refractivity contribution in [2.24, 2.45) is 0 Å². The minimum Gasteiger partial charge on any atom is -0.465 e. The van der Waals surface area contributed by atoms with Crippen LogP contribution in [0, 0.1) is 0 Å². The Morgan fingerprint density at radius 1 is 0.889 bits per heavy atom. The first-order valence-corrected chi connectivity index (χ1v) is 8.97. The Morgan fingerprint density at radius 3 is 2.00 bits per heavy atom. The predicted octanol–water partition coefficient (Wildman–Crippen LogP) is 2.97. The lowest BCUT2D eigenvalue weighted by molar-refractivity contribution is -0.161. The van der Waals surface area contributed by atoms with Gasteiger partial charge in [0.05, 0.1) is 19.8 Å². The van der Waals surface area contributed by atoms with Crippen molar-refractivity contribution in [3.05, 3.63) is 71.3 Å². The van der Waals surface area contributed by atoms with E-state index in [9.17, 15) is 14.7 Å². The van der Waals surface area contributed by atoms with Gasteiger partial charge in [0.15, 0.2) is 0 Å². The van der Waals surface area contributed by atoms with Crippen LogP contribution in [0.3, 0.4) is 0 Å². The van der Waals surface area contributed by atoms with E-state index in [-0.39, 0.29) is 19.8 Å². The van der Waals surface area contributed by atoms with Crippen LogP contribution in [0.5, 0.6) is 0 Å². The van der Waals surface area contributed by atoms with E-state index in [1.807, 2.05) is 36.4 Å². The van der Waals surface area contributed by atoms with Crippen LogP contribution in [-0.4, -0.2) is 36.9 Å². The highest BCUT2D eigenvalue weighted by atomic mass is 16.6. The van der Waals surface area contributed by atoms with Crippen LogP contribution < -0.4 is 0 Å². The summed E-state index contributed by atoms with van der Waals surface area (Å²) < 4.78 is 10.7. The Labute approximate surface area is 158 Å². The van der Waals surface area contributed by atoms with E-state index >= 15 is 0 Å². The number of carbonyl (C=O) groups is 2. The first-order chi connectivity index (χ1) is 13.1. The standard InChI is InChI=1S/C22H22O5/c1-3-26-20(24)22(21(25)27-4-2)18-13-9-8-12-16(18)17(14-23)19(22)15-10-6-5-7-11-15/h5-13,23H,3-4,14H2,1-2H3. The summed E-state index contributed by atoms with van der Waals surface area (Å²) in [5, 5.41) is 10.1. The largest absolute Gasteiger partial charge is 0.465 e. The summed E-state index contributed by atoms with van der Waals surface area (Å²) in [6.45, 7) is 3.31. The van der Waals surface area contributed by atoms with Crippen LogP contribution in [0.25, 0.3) is 11.1 Å². The van der Waals surface area contributed by atoms with Gasteiger partial charge in [-0.2, -0.15) is 0 Å². The van der Waals surface area contributed by atoms with Gasteiger partial charge < -0.3 is 14.6 Å². The molecule has 5 nitrogen and oxygen atoms in total. The van der Waals surface area contributed by atoms with Gasteiger partial charge in [0, 0.05) is 0 Å². The zero-order valence-electron chi connectivity index (χ0n) is 15.4. The molecule has 0 unspecified atom stereocenters. The molecule has 5 heteroatoms. The van der Waals surface area contributed by atoms with E-state index in [1.165, 1.54) is 0 Å². The summed E-state index contributed by atoms with van der Waals surface area (Å²) in [6, 6.07) is 16.2. The average molecular weight is 366 g/mol. The predicted molar refractivity (Wildman–Crippen MR) is 102 cm³/mol. The molecule has 2 aromatic rings. The fraction of sp³-hybridized carbons (Fsp3) is 0.273. The number of hydrogen-bond acceptors (Lipinski definition) is 5. The quantitative estimate of drug-likeness (QED) is 0.629. The van der Waals surface area contributed by atoms with Crippen molar-refractivity contribution in [2.45, 2.75) is 19.3 Å². The fourth-order valence-electron chi connectivity index (χ4n) is 3.71. The number of fused-ring (bicyclic) bond motifs is 1. The number of esters is 2. The van der Waals surface area contributed by atoms with Crippen molar-refractivity contribution >= 4 is 23.1 Å². The first kappa shape index (κ1) is 18.9. The third-order valence-electron chi connectivity index (χ3n) is 4.72. The summed E-state index contributed by atoms with van der Waals surface area (Å²) in [7, 11) is 0. The zero-order chi connectivity index (χ0) is 19.4. The average Bonchev–Trinajstić information content (AvgIpc) is 3.00. The molecule has 0 aromatic heterocycles. The van der Waals surface area contributed by atoms with E-state index < -0.39 is 17.4 Å². The minimum atomic E-state index is -1.76. The molecule has 1 N–H and O–H groups in total. The zero-order valence-corrected chi connectivity index (χ0v) is 15.4. The van der Waals surface area contributed by atoms with Crippen molar-refractivity contribution in [1.29, 1.82) is 0 Å². The van der Waals surface area contributed by atoms with Crippen LogP contribution in [0.15, 0.2) is 54.6 Å². The van der Waals surface area contributed by atoms with Crippen LogP contribution >= 0.6 is 0 Å². The Balaban J connectivity index is 2.41. The first-order valence-electron chi connectivity index (χ1n) is 8.97. The molecule has 27 heavy (non-hydrogen) atoms. The summed E-state index contributed by atoms with van der Waals surface area (Å²) in [5.41, 5.74) is 0.979. The monoisotopic (exact) mass is 366 g/mol. The van der Waals surface area contributed by atoms with Gasteiger partial charge >= 0.3 is 11.9 Å². The van der Waals surface area contributed by atoms with Crippen LogP contribution in [0.1, 0.15) is 30.5 Å². The van der Waals surface area contributed by atoms with Gasteiger partial charge in [0.25, 0.3) is 0 Å². The molecular formula is C22H22O5. The molecule has 1 aliphatic rings. The molecule has 0 aliphatic heterocycles. The lowest BCUT2D eigenvalue weighted by Gasteiger charge is -2.29. The minimum absolute atomic E-state index is 0.124. The number of ether oxygens (including phenoxy) is 2. The van der Waals surface area contributed by atoms with Crippen LogP contribution in [0.2, 0.25) is 0 Å². The summed E-state index contributed by atoms with van der Waals surface area (Å²) in [5.74, 6) is -1.39. The van der Waals surface area contributed by atoms with Crippen LogP contribution in [-0.2, 0) is 24.5 Å². The molecule has 1 aliphatic carbocycles. The number of rotatable bonds is 6. The van der Waals surface area contributed by atoms with Crippen molar-refractivity contribution in [2.75, 3.05) is 19.8 Å². The Morgan fingerprint density at radius 2 is 1.44 bits per heavy atom. The topological polar surface area (TPSA) is 72.8 Å². The molecule has 140 valence electrons. The maximum absolute atomic E-state index is 13.3. The second kappa shape index (κ2) is 7.76. The lowest BCUT2D eigenvalue weighted by Crippen LogP contribution is -2.46. The smallest absolute Gasteiger partial charge is 0.332 e. The molecule has 0 amide bonds. The van der Waals surface area contributed by atoms with Gasteiger partial charge in [-0.1, -0.05) is 54.6 Å². The van der Waals surface area contributed by atoms with Gasteiger partial charge in [-0.15, -0.1) is 0 Å². The van der Waals surface area contributed by atoms with Crippen molar-refractivity contribution in [3.8, 4) is 0 Å². The number of aliphatic hydroxyl groups is 1. The van der Waals surface area contributed by atoms with Crippen LogP contribution in [0.4, 0.5) is 0 Å². The Hall–Kier alpha value is -2.92. The molecule has 0 radical (unpaired) electrons. The van der Waals surface area contributed by atoms with Crippen molar-refractivity contribution in [1.82, 2.24) is 0 Å². The highest BCUT2D eigenvalue weighted by Gasteiger charge is 2.59. The molecule has 0 saturated carbocycles. The van der Waals surface area contributed by atoms with E-state index in [0.717, 1.165) is 0 Å². The number of carbonyl (C=O) groups excluding carboxylic acids is 2. The molecule has 0 spiro atoms. The lowest BCUT2D eigenvalue weighted by atomic mass is 9.74. The number of aliphatic hydroxyl groups excluding tert-OH is 1. The summed E-state index contributed by atoms with van der Waals surface area (Å²) in [6.07, 6.45) is 0. The molecule has 0 fully saturated rings. The van der Waals surface area contributed by atoms with E-state index in [4.69, 9.17) is 9.47 Å². The third kappa shape index (κ3) is 2.84. The molecule has 0 saturated heterocycles. The Bertz CT molecular complexity index is 865.